The van der Waals surface area contributed by atoms with Gasteiger partial charge in [-0.2, -0.15) is 0 Å². The Hall–Kier alpha value is -2.24. The predicted octanol–water partition coefficient (Wildman–Crippen LogP) is -3.04. The zero-order valence-electron chi connectivity index (χ0n) is 10.9. The summed E-state index contributed by atoms with van der Waals surface area (Å²) in [4.78, 5) is 42.7. The zero-order chi connectivity index (χ0) is 16.6. The van der Waals surface area contributed by atoms with E-state index in [0.29, 0.717) is 0 Å². The molecule has 11 nitrogen and oxygen atoms in total. The van der Waals surface area contributed by atoms with Gasteiger partial charge in [-0.3, -0.25) is 19.2 Å². The number of carboxylic acid groups (broad SMARTS) is 4. The molecule has 0 saturated heterocycles. The fourth-order valence-corrected chi connectivity index (χ4v) is 1.28. The molecule has 0 amide bonds. The number of carboxylic acids is 4. The Morgan fingerprint density at radius 1 is 0.810 bits per heavy atom. The number of hydrogen-bond donors (Lipinski definition) is 7. The highest BCUT2D eigenvalue weighted by Gasteiger charge is 2.25. The molecule has 0 aliphatic rings. The van der Waals surface area contributed by atoms with Crippen LogP contribution in [0.3, 0.4) is 0 Å². The van der Waals surface area contributed by atoms with E-state index >= 15 is 0 Å². The van der Waals surface area contributed by atoms with Gasteiger partial charge in [0.25, 0.3) is 0 Å². The first-order valence-electron chi connectivity index (χ1n) is 5.77. The highest BCUT2D eigenvalue weighted by molar-refractivity contribution is 5.80. The highest BCUT2D eigenvalue weighted by atomic mass is 16.4. The van der Waals surface area contributed by atoms with Crippen LogP contribution in [0.25, 0.3) is 0 Å². The monoisotopic (exact) mass is 307 g/mol. The number of nitrogens with one attached hydrogen (secondary N) is 2. The molecule has 0 aliphatic heterocycles. The fourth-order valence-electron chi connectivity index (χ4n) is 1.28. The van der Waals surface area contributed by atoms with Crippen molar-refractivity contribution in [2.45, 2.75) is 24.5 Å². The van der Waals surface area contributed by atoms with Crippen LogP contribution in [-0.2, 0) is 19.2 Å². The predicted molar refractivity (Wildman–Crippen MR) is 66.7 cm³/mol. The summed E-state index contributed by atoms with van der Waals surface area (Å²) >= 11 is 0. The van der Waals surface area contributed by atoms with E-state index in [1.165, 1.54) is 0 Å². The van der Waals surface area contributed by atoms with Gasteiger partial charge < -0.3 is 36.8 Å². The summed E-state index contributed by atoms with van der Waals surface area (Å²) in [5.74, 6) is -5.49. The molecule has 0 aromatic carbocycles. The van der Waals surface area contributed by atoms with Crippen LogP contribution in [0, 0.1) is 0 Å². The maximum atomic E-state index is 10.9. The SMILES string of the molecule is N[C@H](CN[C@H](CN[C@@H](CC(=O)O)C(=O)O)C(=O)O)C(=O)O. The van der Waals surface area contributed by atoms with E-state index in [1.54, 1.807) is 0 Å². The standard InChI is InChI=1S/C10H17N3O8/c11-4(8(16)17)2-12-6(10(20)21)3-13-5(9(18)19)1-7(14)15/h4-6,12-13H,1-3,11H2,(H,14,15)(H,16,17)(H,18,19)(H,20,21)/t4-,5+,6-/m1/s1. The molecule has 0 heterocycles. The molecule has 0 spiro atoms. The molecule has 0 aromatic heterocycles. The number of carbonyl (C=O) groups is 4. The second-order valence-corrected chi connectivity index (χ2v) is 4.14. The lowest BCUT2D eigenvalue weighted by molar-refractivity contribution is -0.146. The molecule has 0 fully saturated rings. The van der Waals surface area contributed by atoms with Gasteiger partial charge in [-0.05, 0) is 0 Å². The number of nitrogens with two attached hydrogens (primary N) is 1. The third-order valence-electron chi connectivity index (χ3n) is 2.44. The normalized spacial score (nSPS) is 14.9. The topological polar surface area (TPSA) is 199 Å². The van der Waals surface area contributed by atoms with E-state index in [2.05, 4.69) is 10.6 Å². The number of hydrogen-bond acceptors (Lipinski definition) is 7. The Bertz CT molecular complexity index is 413. The molecule has 0 aromatic rings. The Balaban J connectivity index is 4.49. The van der Waals surface area contributed by atoms with Crippen molar-refractivity contribution < 1.29 is 39.6 Å². The molecule has 0 radical (unpaired) electrons. The van der Waals surface area contributed by atoms with Crippen LogP contribution in [-0.4, -0.2) is 75.5 Å². The molecule has 0 bridgehead atoms. The van der Waals surface area contributed by atoms with E-state index in [1.807, 2.05) is 0 Å². The second kappa shape index (κ2) is 8.84. The number of aliphatic carboxylic acids is 4. The van der Waals surface area contributed by atoms with Crippen LogP contribution in [0.5, 0.6) is 0 Å². The Kier molecular flexibility index (Phi) is 7.89. The molecule has 0 aliphatic carbocycles. The second-order valence-electron chi connectivity index (χ2n) is 4.14. The fraction of sp³-hybridized carbons (Fsp3) is 0.600. The third-order valence-corrected chi connectivity index (χ3v) is 2.44. The van der Waals surface area contributed by atoms with Crippen molar-refractivity contribution in [3.8, 4) is 0 Å². The summed E-state index contributed by atoms with van der Waals surface area (Å²) < 4.78 is 0. The average Bonchev–Trinajstić information content (AvgIpc) is 2.35. The van der Waals surface area contributed by atoms with Gasteiger partial charge in [0.15, 0.2) is 0 Å². The minimum atomic E-state index is -1.46. The lowest BCUT2D eigenvalue weighted by atomic mass is 10.2. The lowest BCUT2D eigenvalue weighted by Crippen LogP contribution is -2.53. The van der Waals surface area contributed by atoms with Gasteiger partial charge in [0.05, 0.1) is 6.42 Å². The van der Waals surface area contributed by atoms with Crippen LogP contribution in [0.2, 0.25) is 0 Å². The van der Waals surface area contributed by atoms with Crippen LogP contribution < -0.4 is 16.4 Å². The van der Waals surface area contributed by atoms with E-state index in [-0.39, 0.29) is 6.54 Å². The minimum Gasteiger partial charge on any atom is -0.481 e. The molecule has 21 heavy (non-hydrogen) atoms. The van der Waals surface area contributed by atoms with Crippen LogP contribution in [0.1, 0.15) is 6.42 Å². The zero-order valence-corrected chi connectivity index (χ0v) is 10.9. The molecular weight excluding hydrogens is 290 g/mol. The smallest absolute Gasteiger partial charge is 0.322 e. The van der Waals surface area contributed by atoms with E-state index in [0.717, 1.165) is 0 Å². The molecule has 0 rings (SSSR count). The summed E-state index contributed by atoms with van der Waals surface area (Å²) in [5.41, 5.74) is 5.19. The van der Waals surface area contributed by atoms with E-state index in [4.69, 9.17) is 26.2 Å². The van der Waals surface area contributed by atoms with Crippen molar-refractivity contribution in [3.05, 3.63) is 0 Å². The van der Waals surface area contributed by atoms with Gasteiger partial charge in [-0.15, -0.1) is 0 Å². The van der Waals surface area contributed by atoms with E-state index < -0.39 is 55.0 Å². The van der Waals surface area contributed by atoms with Gasteiger partial charge in [0.2, 0.25) is 0 Å². The molecule has 8 N–H and O–H groups in total. The highest BCUT2D eigenvalue weighted by Crippen LogP contribution is 1.94. The first-order chi connectivity index (χ1) is 9.65. The molecule has 0 unspecified atom stereocenters. The first kappa shape index (κ1) is 18.8. The molecule has 120 valence electrons. The summed E-state index contributed by atoms with van der Waals surface area (Å²) in [6.45, 7) is -0.753. The summed E-state index contributed by atoms with van der Waals surface area (Å²) in [6.07, 6.45) is -0.726. The molecule has 11 heteroatoms. The average molecular weight is 307 g/mol. The summed E-state index contributed by atoms with van der Waals surface area (Å²) in [5, 5.41) is 39.4. The Labute approximate surface area is 118 Å². The molecule has 0 saturated carbocycles. The van der Waals surface area contributed by atoms with Gasteiger partial charge in [-0.1, -0.05) is 0 Å². The Morgan fingerprint density at radius 2 is 1.29 bits per heavy atom. The van der Waals surface area contributed by atoms with Crippen LogP contribution in [0.4, 0.5) is 0 Å². The quantitative estimate of drug-likeness (QED) is 0.204. The van der Waals surface area contributed by atoms with Crippen molar-refractivity contribution in [1.82, 2.24) is 10.6 Å². The largest absolute Gasteiger partial charge is 0.481 e. The van der Waals surface area contributed by atoms with Crippen molar-refractivity contribution in [2.75, 3.05) is 13.1 Å². The first-order valence-corrected chi connectivity index (χ1v) is 5.77. The van der Waals surface area contributed by atoms with Crippen molar-refractivity contribution in [1.29, 1.82) is 0 Å². The summed E-state index contributed by atoms with van der Waals surface area (Å²) in [7, 11) is 0. The van der Waals surface area contributed by atoms with Crippen molar-refractivity contribution in [3.63, 3.8) is 0 Å². The lowest BCUT2D eigenvalue weighted by Gasteiger charge is -2.19. The third kappa shape index (κ3) is 7.81. The van der Waals surface area contributed by atoms with Crippen LogP contribution >= 0.6 is 0 Å². The Morgan fingerprint density at radius 3 is 1.67 bits per heavy atom. The minimum absolute atomic E-state index is 0.343. The van der Waals surface area contributed by atoms with Gasteiger partial charge in [0.1, 0.15) is 18.1 Å². The van der Waals surface area contributed by atoms with Gasteiger partial charge in [-0.25, -0.2) is 0 Å². The molecular formula is C10H17N3O8. The van der Waals surface area contributed by atoms with Crippen LogP contribution in [0.15, 0.2) is 0 Å². The van der Waals surface area contributed by atoms with Gasteiger partial charge in [0, 0.05) is 13.1 Å². The van der Waals surface area contributed by atoms with Gasteiger partial charge >= 0.3 is 23.9 Å². The summed E-state index contributed by atoms with van der Waals surface area (Å²) in [6, 6.07) is -4.09. The molecule has 3 atom stereocenters. The van der Waals surface area contributed by atoms with Crippen molar-refractivity contribution in [2.24, 2.45) is 5.73 Å². The number of rotatable bonds is 11. The maximum Gasteiger partial charge on any atom is 0.322 e. The van der Waals surface area contributed by atoms with Crippen molar-refractivity contribution >= 4 is 23.9 Å². The maximum absolute atomic E-state index is 10.9. The van der Waals surface area contributed by atoms with E-state index in [9.17, 15) is 19.2 Å².